The van der Waals surface area contributed by atoms with Gasteiger partial charge in [-0.1, -0.05) is 32.5 Å². The summed E-state index contributed by atoms with van der Waals surface area (Å²) in [6, 6.07) is 5.56. The van der Waals surface area contributed by atoms with Gasteiger partial charge in [-0.15, -0.1) is 0 Å². The van der Waals surface area contributed by atoms with Crippen molar-refractivity contribution in [1.29, 1.82) is 0 Å². The lowest BCUT2D eigenvalue weighted by atomic mass is 10.0. The lowest BCUT2D eigenvalue weighted by Gasteiger charge is -2.11. The first-order valence-electron chi connectivity index (χ1n) is 6.33. The fraction of sp³-hybridized carbons (Fsp3) is 0.500. The van der Waals surface area contributed by atoms with Crippen LogP contribution in [0.4, 0.5) is 5.69 Å². The molecule has 0 spiro atoms. The summed E-state index contributed by atoms with van der Waals surface area (Å²) in [5.41, 5.74) is 8.09. The van der Waals surface area contributed by atoms with Crippen molar-refractivity contribution >= 4 is 28.5 Å². The summed E-state index contributed by atoms with van der Waals surface area (Å²) in [5.74, 6) is 2.46. The van der Waals surface area contributed by atoms with Crippen molar-refractivity contribution in [3.05, 3.63) is 18.2 Å². The third-order valence-corrected chi connectivity index (χ3v) is 3.91. The van der Waals surface area contributed by atoms with Crippen LogP contribution in [0.5, 0.6) is 0 Å². The minimum absolute atomic E-state index is 0.676. The number of aromatic nitrogens is 1. The lowest BCUT2D eigenvalue weighted by molar-refractivity contribution is 0.466. The van der Waals surface area contributed by atoms with Crippen LogP contribution in [0.15, 0.2) is 27.8 Å². The van der Waals surface area contributed by atoms with Crippen LogP contribution in [-0.2, 0) is 0 Å². The van der Waals surface area contributed by atoms with E-state index in [2.05, 4.69) is 25.8 Å². The third kappa shape index (κ3) is 3.42. The van der Waals surface area contributed by atoms with E-state index in [1.165, 1.54) is 6.42 Å². The second kappa shape index (κ2) is 5.65. The molecule has 4 heteroatoms. The number of oxazole rings is 1. The predicted molar refractivity (Wildman–Crippen MR) is 77.8 cm³/mol. The molecule has 0 bridgehead atoms. The van der Waals surface area contributed by atoms with Gasteiger partial charge in [-0.2, -0.15) is 0 Å². The van der Waals surface area contributed by atoms with E-state index in [4.69, 9.17) is 10.2 Å². The molecule has 0 radical (unpaired) electrons. The average Bonchev–Trinajstić information content (AvgIpc) is 2.67. The summed E-state index contributed by atoms with van der Waals surface area (Å²) in [4.78, 5) is 4.44. The Morgan fingerprint density at radius 3 is 2.83 bits per heavy atom. The zero-order valence-electron chi connectivity index (χ0n) is 11.1. The highest BCUT2D eigenvalue weighted by Gasteiger charge is 2.10. The molecule has 2 aromatic rings. The number of anilines is 1. The molecule has 2 N–H and O–H groups in total. The Morgan fingerprint density at radius 1 is 1.33 bits per heavy atom. The summed E-state index contributed by atoms with van der Waals surface area (Å²) in [7, 11) is 0. The summed E-state index contributed by atoms with van der Waals surface area (Å²) in [6.07, 6.45) is 1.24. The lowest BCUT2D eigenvalue weighted by Crippen LogP contribution is -2.02. The van der Waals surface area contributed by atoms with Gasteiger partial charge in [-0.3, -0.25) is 0 Å². The number of rotatable bonds is 5. The second-order valence-electron chi connectivity index (χ2n) is 5.25. The highest BCUT2D eigenvalue weighted by molar-refractivity contribution is 7.99. The molecule has 0 aliphatic carbocycles. The zero-order valence-corrected chi connectivity index (χ0v) is 12.0. The van der Waals surface area contributed by atoms with Crippen LogP contribution in [0.3, 0.4) is 0 Å². The van der Waals surface area contributed by atoms with Crippen molar-refractivity contribution in [2.45, 2.75) is 32.4 Å². The Hall–Kier alpha value is -1.16. The van der Waals surface area contributed by atoms with E-state index in [-0.39, 0.29) is 0 Å². The Labute approximate surface area is 112 Å². The number of nitrogens with zero attached hydrogens (tertiary/aromatic N) is 1. The number of thioether (sulfide) groups is 1. The Bertz CT molecular complexity index is 521. The van der Waals surface area contributed by atoms with Crippen LogP contribution in [0.1, 0.15) is 27.2 Å². The van der Waals surface area contributed by atoms with E-state index in [9.17, 15) is 0 Å². The summed E-state index contributed by atoms with van der Waals surface area (Å²) in [6.45, 7) is 6.78. The Morgan fingerprint density at radius 2 is 2.11 bits per heavy atom. The summed E-state index contributed by atoms with van der Waals surface area (Å²) in [5, 5.41) is 0.742. The molecule has 0 saturated carbocycles. The highest BCUT2D eigenvalue weighted by atomic mass is 32.2. The molecule has 1 unspecified atom stereocenters. The van der Waals surface area contributed by atoms with E-state index in [0.717, 1.165) is 33.7 Å². The quantitative estimate of drug-likeness (QED) is 0.650. The van der Waals surface area contributed by atoms with E-state index < -0.39 is 0 Å². The average molecular weight is 264 g/mol. The maximum atomic E-state index is 5.72. The van der Waals surface area contributed by atoms with Gasteiger partial charge in [0.2, 0.25) is 0 Å². The molecule has 18 heavy (non-hydrogen) atoms. The van der Waals surface area contributed by atoms with Crippen molar-refractivity contribution in [2.24, 2.45) is 11.8 Å². The van der Waals surface area contributed by atoms with Crippen molar-refractivity contribution in [3.63, 3.8) is 0 Å². The molecule has 1 heterocycles. The number of benzene rings is 1. The fourth-order valence-electron chi connectivity index (χ4n) is 2.07. The van der Waals surface area contributed by atoms with Gasteiger partial charge < -0.3 is 10.2 Å². The summed E-state index contributed by atoms with van der Waals surface area (Å²) < 4.78 is 5.67. The van der Waals surface area contributed by atoms with E-state index >= 15 is 0 Å². The highest BCUT2D eigenvalue weighted by Crippen LogP contribution is 2.27. The van der Waals surface area contributed by atoms with Crippen LogP contribution in [0, 0.1) is 11.8 Å². The molecule has 3 nitrogen and oxygen atoms in total. The molecule has 1 atom stereocenters. The van der Waals surface area contributed by atoms with E-state index in [1.807, 2.05) is 18.2 Å². The van der Waals surface area contributed by atoms with Crippen LogP contribution < -0.4 is 5.73 Å². The first-order chi connectivity index (χ1) is 8.54. The maximum absolute atomic E-state index is 5.72. The van der Waals surface area contributed by atoms with E-state index in [0.29, 0.717) is 5.92 Å². The molecule has 1 aromatic carbocycles. The number of nitrogen functional groups attached to an aromatic ring is 1. The zero-order chi connectivity index (χ0) is 13.1. The van der Waals surface area contributed by atoms with E-state index in [1.54, 1.807) is 11.8 Å². The Kier molecular flexibility index (Phi) is 4.17. The number of hydrogen-bond acceptors (Lipinski definition) is 4. The van der Waals surface area contributed by atoms with Crippen molar-refractivity contribution in [2.75, 3.05) is 11.5 Å². The topological polar surface area (TPSA) is 52.0 Å². The standard InChI is InChI=1S/C14H20N2OS/c1-9(2)6-10(3)8-18-14-16-12-7-11(15)4-5-13(12)17-14/h4-5,7,9-10H,6,8,15H2,1-3H3. The third-order valence-electron chi connectivity index (χ3n) is 2.76. The molecule has 0 amide bonds. The largest absolute Gasteiger partial charge is 0.431 e. The summed E-state index contributed by atoms with van der Waals surface area (Å²) >= 11 is 1.68. The van der Waals surface area contributed by atoms with Crippen molar-refractivity contribution in [3.8, 4) is 0 Å². The van der Waals surface area contributed by atoms with Gasteiger partial charge in [0.25, 0.3) is 5.22 Å². The predicted octanol–water partition coefficient (Wildman–Crippen LogP) is 4.18. The molecule has 0 aliphatic rings. The number of hydrogen-bond donors (Lipinski definition) is 1. The molecular formula is C14H20N2OS. The van der Waals surface area contributed by atoms with Gasteiger partial charge in [0, 0.05) is 11.4 Å². The van der Waals surface area contributed by atoms with Gasteiger partial charge in [-0.25, -0.2) is 4.98 Å². The van der Waals surface area contributed by atoms with Crippen molar-refractivity contribution in [1.82, 2.24) is 4.98 Å². The maximum Gasteiger partial charge on any atom is 0.256 e. The van der Waals surface area contributed by atoms with Crippen LogP contribution in [0.2, 0.25) is 0 Å². The molecule has 98 valence electrons. The Balaban J connectivity index is 1.99. The second-order valence-corrected chi connectivity index (χ2v) is 6.22. The first-order valence-corrected chi connectivity index (χ1v) is 7.32. The molecular weight excluding hydrogens is 244 g/mol. The molecule has 0 aliphatic heterocycles. The molecule has 2 rings (SSSR count). The molecule has 1 aromatic heterocycles. The minimum Gasteiger partial charge on any atom is -0.431 e. The van der Waals surface area contributed by atoms with Crippen LogP contribution >= 0.6 is 11.8 Å². The molecule has 0 fully saturated rings. The molecule has 0 saturated heterocycles. The smallest absolute Gasteiger partial charge is 0.256 e. The number of nitrogens with two attached hydrogens (primary N) is 1. The van der Waals surface area contributed by atoms with Gasteiger partial charge in [0.15, 0.2) is 5.58 Å². The van der Waals surface area contributed by atoms with Gasteiger partial charge >= 0.3 is 0 Å². The van der Waals surface area contributed by atoms with Gasteiger partial charge in [-0.05, 0) is 36.5 Å². The monoisotopic (exact) mass is 264 g/mol. The normalized spacial score (nSPS) is 13.3. The van der Waals surface area contributed by atoms with Gasteiger partial charge in [0.1, 0.15) is 5.52 Å². The number of fused-ring (bicyclic) bond motifs is 1. The van der Waals surface area contributed by atoms with Crippen molar-refractivity contribution < 1.29 is 4.42 Å². The first kappa shape index (κ1) is 13.3. The minimum atomic E-state index is 0.676. The SMILES string of the molecule is CC(C)CC(C)CSc1nc2cc(N)ccc2o1. The van der Waals surface area contributed by atoms with Gasteiger partial charge in [0.05, 0.1) is 0 Å². The fourth-order valence-corrected chi connectivity index (χ4v) is 2.95. The van der Waals surface area contributed by atoms with Crippen LogP contribution in [-0.4, -0.2) is 10.7 Å². The van der Waals surface area contributed by atoms with Crippen LogP contribution in [0.25, 0.3) is 11.1 Å².